The molecule has 4 aliphatic carbocycles. The summed E-state index contributed by atoms with van der Waals surface area (Å²) in [6.45, 7) is 8.01. The summed E-state index contributed by atoms with van der Waals surface area (Å²) in [5, 5.41) is 40.7. The molecule has 14 heteroatoms. The first-order valence-corrected chi connectivity index (χ1v) is 19.5. The number of ether oxygens (including phenoxy) is 8. The van der Waals surface area contributed by atoms with Crippen molar-refractivity contribution in [1.82, 2.24) is 0 Å². The van der Waals surface area contributed by atoms with Crippen LogP contribution in [0, 0.1) is 34.5 Å². The molecule has 4 saturated heterocycles. The van der Waals surface area contributed by atoms with Gasteiger partial charge in [0, 0.05) is 37.7 Å². The lowest BCUT2D eigenvalue weighted by molar-refractivity contribution is -0.347. The smallest absolute Gasteiger partial charge is 0.306 e. The number of hydrogen-bond donors (Lipinski definition) is 4. The fourth-order valence-corrected chi connectivity index (χ4v) is 12.9. The van der Waals surface area contributed by atoms with Crippen LogP contribution in [-0.2, 0) is 47.5 Å². The predicted octanol–water partition coefficient (Wildman–Crippen LogP) is 1.75. The van der Waals surface area contributed by atoms with Gasteiger partial charge in [-0.3, -0.25) is 9.59 Å². The standard InChI is InChI=1S/C38H58O14/c1-18-32(51-34-31(44)30(43)29(42)25(16-39)50-34)24(45-5)15-28(47-18)49-23-8-10-35(3)22(33(23)48-19(2)40)6-12-37-26(35)9-11-36(4)21(7-13-38(36,37)52-37)20-14-27(41)46-17-20/h18,20-26,28-34,39,42-44H,6-17H2,1-5H3/t18-,20+,21+,22-,23-,24+,25+,26+,28-,29+,30-,31+,32+,33+,34-,35-,36+,37-,38+/m0/s1. The zero-order valence-corrected chi connectivity index (χ0v) is 31.0. The van der Waals surface area contributed by atoms with Crippen LogP contribution < -0.4 is 0 Å². The maximum Gasteiger partial charge on any atom is 0.306 e. The van der Waals surface area contributed by atoms with Crippen molar-refractivity contribution in [2.45, 2.75) is 171 Å². The first kappa shape index (κ1) is 37.5. The Bertz CT molecular complexity index is 1380. The fraction of sp³-hybridized carbons (Fsp3) is 0.947. The average Bonchev–Trinajstić information content (AvgIpc) is 3.41. The van der Waals surface area contributed by atoms with E-state index in [1.54, 1.807) is 14.0 Å². The quantitative estimate of drug-likeness (QED) is 0.160. The molecule has 8 rings (SSSR count). The van der Waals surface area contributed by atoms with Crippen LogP contribution in [0.1, 0.15) is 91.9 Å². The molecular formula is C38H58O14. The molecule has 0 bridgehead atoms. The van der Waals surface area contributed by atoms with Crippen LogP contribution in [0.2, 0.25) is 0 Å². The highest BCUT2D eigenvalue weighted by Crippen LogP contribution is 2.81. The van der Waals surface area contributed by atoms with E-state index in [1.807, 2.05) is 0 Å². The van der Waals surface area contributed by atoms with Crippen LogP contribution in [0.5, 0.6) is 0 Å². The average molecular weight is 739 g/mol. The molecule has 0 amide bonds. The number of rotatable bonds is 8. The molecule has 2 spiro atoms. The first-order valence-electron chi connectivity index (χ1n) is 19.5. The topological polar surface area (TPSA) is 192 Å². The fourth-order valence-electron chi connectivity index (χ4n) is 12.9. The highest BCUT2D eigenvalue weighted by Gasteiger charge is 2.86. The van der Waals surface area contributed by atoms with E-state index in [1.165, 1.54) is 6.92 Å². The molecular weight excluding hydrogens is 680 g/mol. The molecule has 294 valence electrons. The molecule has 8 aliphatic rings. The van der Waals surface area contributed by atoms with Gasteiger partial charge in [0.05, 0.1) is 37.9 Å². The van der Waals surface area contributed by atoms with E-state index in [-0.39, 0.29) is 52.2 Å². The van der Waals surface area contributed by atoms with E-state index in [0.717, 1.165) is 44.9 Å². The van der Waals surface area contributed by atoms with Gasteiger partial charge in [-0.15, -0.1) is 0 Å². The van der Waals surface area contributed by atoms with Gasteiger partial charge in [0.1, 0.15) is 47.8 Å². The summed E-state index contributed by atoms with van der Waals surface area (Å²) >= 11 is 0. The van der Waals surface area contributed by atoms with Crippen molar-refractivity contribution in [3.63, 3.8) is 0 Å². The Kier molecular flexibility index (Phi) is 9.61. The molecule has 0 aromatic rings. The van der Waals surface area contributed by atoms with Gasteiger partial charge >= 0.3 is 11.9 Å². The zero-order chi connectivity index (χ0) is 37.0. The minimum Gasteiger partial charge on any atom is -0.465 e. The van der Waals surface area contributed by atoms with Gasteiger partial charge in [-0.2, -0.15) is 0 Å². The molecule has 8 fully saturated rings. The number of aliphatic hydroxyl groups excluding tert-OH is 4. The van der Waals surface area contributed by atoms with Crippen molar-refractivity contribution in [3.05, 3.63) is 0 Å². The number of aliphatic hydroxyl groups is 4. The van der Waals surface area contributed by atoms with Gasteiger partial charge in [-0.25, -0.2) is 0 Å². The van der Waals surface area contributed by atoms with Crippen LogP contribution in [-0.4, -0.2) is 131 Å². The molecule has 0 aromatic carbocycles. The molecule has 52 heavy (non-hydrogen) atoms. The highest BCUT2D eigenvalue weighted by molar-refractivity contribution is 5.71. The van der Waals surface area contributed by atoms with E-state index in [0.29, 0.717) is 31.3 Å². The van der Waals surface area contributed by atoms with Gasteiger partial charge in [-0.05, 0) is 75.5 Å². The normalized spacial score (nSPS) is 55.4. The number of hydrogen-bond acceptors (Lipinski definition) is 14. The minimum atomic E-state index is -1.57. The van der Waals surface area contributed by atoms with Gasteiger partial charge < -0.3 is 58.3 Å². The summed E-state index contributed by atoms with van der Waals surface area (Å²) in [5.74, 6) is 0.667. The third kappa shape index (κ3) is 5.48. The molecule has 19 atom stereocenters. The van der Waals surface area contributed by atoms with E-state index < -0.39 is 74.1 Å². The SMILES string of the molecule is CO[C@@H]1C[C@H](O[C@H]2CC[C@]3(C)[C@H]4CC[C@]5(C)[C@@H]([C@H]6COC(=O)C6)CC[C@@]56O[C@@]46CC[C@H]3[C@H]2OC(C)=O)O[C@@H](C)[C@H]1O[C@@H]1O[C@H](CO)[C@@H](O)[C@H](O)[C@H]1O. The van der Waals surface area contributed by atoms with Crippen molar-refractivity contribution in [3.8, 4) is 0 Å². The van der Waals surface area contributed by atoms with Crippen molar-refractivity contribution in [1.29, 1.82) is 0 Å². The Balaban J connectivity index is 0.959. The number of esters is 2. The van der Waals surface area contributed by atoms with Crippen molar-refractivity contribution in [2.75, 3.05) is 20.3 Å². The second kappa shape index (κ2) is 13.3. The largest absolute Gasteiger partial charge is 0.465 e. The molecule has 0 aromatic heterocycles. The number of methoxy groups -OCH3 is 1. The van der Waals surface area contributed by atoms with Gasteiger partial charge in [0.2, 0.25) is 0 Å². The van der Waals surface area contributed by atoms with Crippen LogP contribution in [0.15, 0.2) is 0 Å². The van der Waals surface area contributed by atoms with E-state index in [9.17, 15) is 30.0 Å². The molecule has 4 saturated carbocycles. The van der Waals surface area contributed by atoms with Gasteiger partial charge in [0.15, 0.2) is 12.6 Å². The second-order valence-corrected chi connectivity index (χ2v) is 17.6. The highest BCUT2D eigenvalue weighted by atomic mass is 16.7. The maximum atomic E-state index is 12.7. The number of cyclic esters (lactones) is 1. The Labute approximate surface area is 305 Å². The van der Waals surface area contributed by atoms with E-state index in [4.69, 9.17) is 37.9 Å². The lowest BCUT2D eigenvalue weighted by Crippen LogP contribution is -2.63. The number of epoxide rings is 1. The number of carbonyl (C=O) groups is 2. The number of fused-ring (bicyclic) bond motifs is 2. The zero-order valence-electron chi connectivity index (χ0n) is 31.0. The van der Waals surface area contributed by atoms with E-state index >= 15 is 0 Å². The Hall–Kier alpha value is -1.46. The summed E-state index contributed by atoms with van der Waals surface area (Å²) in [4.78, 5) is 24.8. The van der Waals surface area contributed by atoms with Gasteiger partial charge in [-0.1, -0.05) is 13.8 Å². The first-order chi connectivity index (χ1) is 24.7. The number of carbonyl (C=O) groups excluding carboxylic acids is 2. The van der Waals surface area contributed by atoms with Crippen LogP contribution in [0.25, 0.3) is 0 Å². The molecule has 14 nitrogen and oxygen atoms in total. The van der Waals surface area contributed by atoms with Crippen molar-refractivity contribution >= 4 is 11.9 Å². The third-order valence-corrected chi connectivity index (χ3v) is 15.4. The van der Waals surface area contributed by atoms with Crippen LogP contribution >= 0.6 is 0 Å². The summed E-state index contributed by atoms with van der Waals surface area (Å²) in [6.07, 6.45) is -2.13. The molecule has 0 radical (unpaired) electrons. The molecule has 4 heterocycles. The second-order valence-electron chi connectivity index (χ2n) is 17.6. The van der Waals surface area contributed by atoms with E-state index in [2.05, 4.69) is 13.8 Å². The summed E-state index contributed by atoms with van der Waals surface area (Å²) in [7, 11) is 1.55. The minimum absolute atomic E-state index is 0.0121. The Morgan fingerprint density at radius 2 is 1.67 bits per heavy atom. The monoisotopic (exact) mass is 738 g/mol. The molecule has 4 aliphatic heterocycles. The summed E-state index contributed by atoms with van der Waals surface area (Å²) in [5.41, 5.74) is -0.472. The molecule has 0 unspecified atom stereocenters. The lowest BCUT2D eigenvalue weighted by Gasteiger charge is -2.60. The summed E-state index contributed by atoms with van der Waals surface area (Å²) < 4.78 is 49.3. The maximum absolute atomic E-state index is 12.7. The van der Waals surface area contributed by atoms with Crippen LogP contribution in [0.4, 0.5) is 0 Å². The Morgan fingerprint density at radius 1 is 0.904 bits per heavy atom. The molecule has 4 N–H and O–H groups in total. The Morgan fingerprint density at radius 3 is 2.37 bits per heavy atom. The third-order valence-electron chi connectivity index (χ3n) is 15.4. The predicted molar refractivity (Wildman–Crippen MR) is 178 cm³/mol. The van der Waals surface area contributed by atoms with Gasteiger partial charge in [0.25, 0.3) is 0 Å². The lowest BCUT2D eigenvalue weighted by atomic mass is 9.44. The van der Waals surface area contributed by atoms with Crippen molar-refractivity contribution < 1.29 is 67.9 Å². The van der Waals surface area contributed by atoms with Crippen LogP contribution in [0.3, 0.4) is 0 Å². The van der Waals surface area contributed by atoms with Crippen molar-refractivity contribution in [2.24, 2.45) is 34.5 Å². The summed E-state index contributed by atoms with van der Waals surface area (Å²) in [6, 6.07) is 0.